The molecule has 0 aromatic heterocycles. The van der Waals surface area contributed by atoms with Gasteiger partial charge in [-0.1, -0.05) is 84.9 Å². The van der Waals surface area contributed by atoms with Crippen LogP contribution in [0.5, 0.6) is 0 Å². The van der Waals surface area contributed by atoms with Gasteiger partial charge < -0.3 is 24.8 Å². The maximum absolute atomic E-state index is 12.8. The summed E-state index contributed by atoms with van der Waals surface area (Å²) >= 11 is 3.27. The van der Waals surface area contributed by atoms with E-state index in [1.165, 1.54) is 59.8 Å². The molecule has 1 N–H and O–H groups in total. The fourth-order valence-electron chi connectivity index (χ4n) is 8.70. The average Bonchev–Trinajstić information content (AvgIpc) is 3.20. The van der Waals surface area contributed by atoms with Crippen molar-refractivity contribution in [3.8, 4) is 22.3 Å². The smallest absolute Gasteiger partial charge is 0.410 e. The number of rotatable bonds is 6. The van der Waals surface area contributed by atoms with E-state index in [0.717, 1.165) is 35.9 Å². The van der Waals surface area contributed by atoms with Crippen molar-refractivity contribution >= 4 is 74.4 Å². The largest absolute Gasteiger partial charge is 0.444 e. The molecule has 0 unspecified atom stereocenters. The lowest BCUT2D eigenvalue weighted by atomic mass is 9.95. The first-order valence-electron chi connectivity index (χ1n) is 21.2. The van der Waals surface area contributed by atoms with Gasteiger partial charge in [-0.25, -0.2) is 4.79 Å². The van der Waals surface area contributed by atoms with Crippen molar-refractivity contribution in [3.05, 3.63) is 120 Å². The second-order valence-corrected chi connectivity index (χ2v) is 19.8. The normalized spacial score (nSPS) is 16.7. The molecule has 4 aliphatic heterocycles. The number of likely N-dealkylation sites (tertiary alicyclic amines) is 1. The molecule has 61 heavy (non-hydrogen) atoms. The first kappa shape index (κ1) is 41.1. The van der Waals surface area contributed by atoms with Crippen molar-refractivity contribution in [3.63, 3.8) is 0 Å². The summed E-state index contributed by atoms with van der Waals surface area (Å²) in [6.07, 6.45) is -0.278. The molecule has 3 amide bonds. The van der Waals surface area contributed by atoms with Crippen molar-refractivity contribution in [2.45, 2.75) is 50.0 Å². The van der Waals surface area contributed by atoms with Crippen LogP contribution in [0, 0.1) is 25.7 Å². The van der Waals surface area contributed by atoms with Gasteiger partial charge in [0, 0.05) is 60.9 Å². The van der Waals surface area contributed by atoms with Gasteiger partial charge in [0.05, 0.1) is 22.9 Å². The van der Waals surface area contributed by atoms with Crippen LogP contribution in [0.1, 0.15) is 31.9 Å². The first-order valence-corrected chi connectivity index (χ1v) is 23.2. The maximum Gasteiger partial charge on any atom is 0.410 e. The lowest BCUT2D eigenvalue weighted by Crippen LogP contribution is -2.56. The molecule has 0 spiro atoms. The van der Waals surface area contributed by atoms with E-state index in [4.69, 9.17) is 4.74 Å². The molecule has 8 nitrogen and oxygen atoms in total. The van der Waals surface area contributed by atoms with Gasteiger partial charge in [0.15, 0.2) is 0 Å². The van der Waals surface area contributed by atoms with E-state index in [1.54, 1.807) is 28.4 Å². The Balaban J connectivity index is 0.000000160. The Morgan fingerprint density at radius 1 is 0.656 bits per heavy atom. The molecule has 2 saturated heterocycles. The van der Waals surface area contributed by atoms with Gasteiger partial charge in [-0.2, -0.15) is 0 Å². The Morgan fingerprint density at radius 2 is 1.13 bits per heavy atom. The van der Waals surface area contributed by atoms with Crippen LogP contribution in [0.15, 0.2) is 119 Å². The van der Waals surface area contributed by atoms with E-state index < -0.39 is 5.60 Å². The Bertz CT molecular complexity index is 2680. The van der Waals surface area contributed by atoms with Crippen LogP contribution < -0.4 is 15.1 Å². The third-order valence-corrected chi connectivity index (χ3v) is 13.9. The standard InChI is InChI=1S/C28H30N2O3S.C23H22N2OS/c1-18-11-20-7-5-6-8-22(20)23(12-18)21-9-10-24-25(13-21)34-17-26(31)30(24)16-19-14-29(15-19)27(32)33-28(2,3)4;1-15-8-17-4-2-3-5-19(17)20(9-15)18-6-7-21-22(10-18)27-14-23(26)25(21)13-16-11-24-12-16/h5-13,19H,14-17H2,1-4H3;2-10,16,24H,11-14H2,1H3. The average molecular weight is 849 g/mol. The fourth-order valence-corrected chi connectivity index (χ4v) is 10.6. The highest BCUT2D eigenvalue weighted by Crippen LogP contribution is 2.42. The van der Waals surface area contributed by atoms with E-state index in [2.05, 4.69) is 128 Å². The summed E-state index contributed by atoms with van der Waals surface area (Å²) < 4.78 is 5.45. The molecular formula is C51H52N4O4S2. The van der Waals surface area contributed by atoms with Crippen LogP contribution in [-0.2, 0) is 14.3 Å². The number of hydrogen-bond donors (Lipinski definition) is 1. The second-order valence-electron chi connectivity index (χ2n) is 17.8. The van der Waals surface area contributed by atoms with Crippen LogP contribution in [0.3, 0.4) is 0 Å². The van der Waals surface area contributed by atoms with Crippen molar-refractivity contribution in [1.82, 2.24) is 10.2 Å². The summed E-state index contributed by atoms with van der Waals surface area (Å²) in [6.45, 7) is 14.6. The van der Waals surface area contributed by atoms with E-state index in [1.807, 2.05) is 30.6 Å². The quantitative estimate of drug-likeness (QED) is 0.179. The summed E-state index contributed by atoms with van der Waals surface area (Å²) in [7, 11) is 0. The molecule has 312 valence electrons. The number of carbonyl (C=O) groups is 3. The van der Waals surface area contributed by atoms with E-state index in [0.29, 0.717) is 37.1 Å². The van der Waals surface area contributed by atoms with Gasteiger partial charge in [0.1, 0.15) is 5.60 Å². The Hall–Kier alpha value is -5.29. The molecule has 0 atom stereocenters. The third-order valence-electron chi connectivity index (χ3n) is 11.8. The van der Waals surface area contributed by atoms with E-state index >= 15 is 0 Å². The highest BCUT2D eigenvalue weighted by Gasteiger charge is 2.37. The van der Waals surface area contributed by atoms with Crippen LogP contribution in [0.25, 0.3) is 43.8 Å². The van der Waals surface area contributed by atoms with Crippen LogP contribution in [0.2, 0.25) is 0 Å². The SMILES string of the molecule is Cc1cc(-c2ccc3c(c2)SCC(=O)N3CC2CN(C(=O)OC(C)(C)C)C2)c2ccccc2c1.Cc1cc(-c2ccc3c(c2)SCC(=O)N3CC2CNC2)c2ccccc2c1. The number of aryl methyl sites for hydroxylation is 2. The van der Waals surface area contributed by atoms with E-state index in [-0.39, 0.29) is 23.8 Å². The molecule has 0 saturated carbocycles. The summed E-state index contributed by atoms with van der Waals surface area (Å²) in [4.78, 5) is 45.5. The Morgan fingerprint density at radius 3 is 1.59 bits per heavy atom. The van der Waals surface area contributed by atoms with E-state index in [9.17, 15) is 14.4 Å². The molecule has 6 aromatic carbocycles. The van der Waals surface area contributed by atoms with Crippen molar-refractivity contribution in [2.24, 2.45) is 11.8 Å². The first-order chi connectivity index (χ1) is 29.4. The molecule has 10 rings (SSSR count). The summed E-state index contributed by atoms with van der Waals surface area (Å²) in [5.41, 5.74) is 8.91. The Labute approximate surface area is 367 Å². The zero-order valence-electron chi connectivity index (χ0n) is 35.5. The molecule has 10 heteroatoms. The van der Waals surface area contributed by atoms with Crippen LogP contribution >= 0.6 is 23.5 Å². The number of anilines is 2. The van der Waals surface area contributed by atoms with Gasteiger partial charge >= 0.3 is 6.09 Å². The molecule has 6 aromatic rings. The number of ether oxygens (including phenoxy) is 1. The number of nitrogens with one attached hydrogen (secondary N) is 1. The molecule has 0 aliphatic carbocycles. The minimum absolute atomic E-state index is 0.127. The molecule has 2 fully saturated rings. The van der Waals surface area contributed by atoms with Gasteiger partial charge in [0.25, 0.3) is 0 Å². The van der Waals surface area contributed by atoms with Crippen molar-refractivity contribution in [2.75, 3.05) is 60.6 Å². The minimum Gasteiger partial charge on any atom is -0.444 e. The summed E-state index contributed by atoms with van der Waals surface area (Å²) in [5, 5.41) is 8.32. The van der Waals surface area contributed by atoms with Gasteiger partial charge in [0.2, 0.25) is 11.8 Å². The van der Waals surface area contributed by atoms with Crippen molar-refractivity contribution in [1.29, 1.82) is 0 Å². The summed E-state index contributed by atoms with van der Waals surface area (Å²) in [6, 6.07) is 39.0. The Kier molecular flexibility index (Phi) is 11.4. The zero-order chi connectivity index (χ0) is 42.4. The molecule has 0 radical (unpaired) electrons. The monoisotopic (exact) mass is 848 g/mol. The molecule has 4 aliphatic rings. The highest BCUT2D eigenvalue weighted by atomic mass is 32.2. The second kappa shape index (κ2) is 16.9. The summed E-state index contributed by atoms with van der Waals surface area (Å²) in [5.74, 6) is 2.16. The van der Waals surface area contributed by atoms with Gasteiger partial charge in [-0.05, 0) is 114 Å². The highest BCUT2D eigenvalue weighted by molar-refractivity contribution is 8.00. The van der Waals surface area contributed by atoms with Gasteiger partial charge in [-0.15, -0.1) is 23.5 Å². The van der Waals surface area contributed by atoms with Crippen LogP contribution in [0.4, 0.5) is 16.2 Å². The topological polar surface area (TPSA) is 82.2 Å². The molecule has 0 bridgehead atoms. The number of amides is 3. The lowest BCUT2D eigenvalue weighted by Gasteiger charge is -2.42. The number of nitrogens with zero attached hydrogens (tertiary/aromatic N) is 3. The fraction of sp³-hybridized carbons (Fsp3) is 0.314. The van der Waals surface area contributed by atoms with Crippen molar-refractivity contribution < 1.29 is 19.1 Å². The predicted octanol–water partition coefficient (Wildman–Crippen LogP) is 10.6. The van der Waals surface area contributed by atoms with Gasteiger partial charge in [-0.3, -0.25) is 9.59 Å². The molecule has 4 heterocycles. The number of benzene rings is 6. The third kappa shape index (κ3) is 8.76. The predicted molar refractivity (Wildman–Crippen MR) is 252 cm³/mol. The number of thioether (sulfide) groups is 2. The molecular weight excluding hydrogens is 797 g/mol. The lowest BCUT2D eigenvalue weighted by molar-refractivity contribution is -0.117. The number of hydrogen-bond acceptors (Lipinski definition) is 7. The maximum atomic E-state index is 12.8. The number of carbonyl (C=O) groups excluding carboxylic acids is 3. The number of fused-ring (bicyclic) bond motifs is 4. The zero-order valence-corrected chi connectivity index (χ0v) is 37.1. The van der Waals surface area contributed by atoms with Crippen LogP contribution in [-0.4, -0.2) is 79.2 Å². The minimum atomic E-state index is -0.499.